The standard InChI is InChI=1S/C7H11N3O2/c8-10-6(7(11)12)3-5-1-2-9-4-5/h1-2,4,6,9-10H,3,8H2,(H,11,12). The molecule has 1 atom stereocenters. The van der Waals surface area contributed by atoms with E-state index in [1.807, 2.05) is 6.07 Å². The molecular weight excluding hydrogens is 158 g/mol. The number of carboxylic acid groups (broad SMARTS) is 1. The normalized spacial score (nSPS) is 12.8. The molecular formula is C7H11N3O2. The van der Waals surface area contributed by atoms with Gasteiger partial charge in [-0.05, 0) is 11.6 Å². The SMILES string of the molecule is NNC(Cc1cc[nH]c1)C(=O)O. The second-order valence-electron chi connectivity index (χ2n) is 2.48. The average molecular weight is 169 g/mol. The van der Waals surface area contributed by atoms with Crippen LogP contribution >= 0.6 is 0 Å². The first kappa shape index (κ1) is 8.76. The number of hydrogen-bond acceptors (Lipinski definition) is 3. The molecule has 1 aromatic heterocycles. The fraction of sp³-hybridized carbons (Fsp3) is 0.286. The second kappa shape index (κ2) is 3.89. The summed E-state index contributed by atoms with van der Waals surface area (Å²) in [5, 5.41) is 8.62. The fourth-order valence-electron chi connectivity index (χ4n) is 0.939. The van der Waals surface area contributed by atoms with Crippen molar-refractivity contribution >= 4 is 5.97 Å². The Morgan fingerprint density at radius 1 is 1.83 bits per heavy atom. The highest BCUT2D eigenvalue weighted by molar-refractivity contribution is 5.73. The molecule has 5 nitrogen and oxygen atoms in total. The lowest BCUT2D eigenvalue weighted by Gasteiger charge is -2.08. The van der Waals surface area contributed by atoms with Gasteiger partial charge in [-0.2, -0.15) is 0 Å². The van der Waals surface area contributed by atoms with Gasteiger partial charge in [-0.15, -0.1) is 0 Å². The van der Waals surface area contributed by atoms with Gasteiger partial charge in [0.15, 0.2) is 0 Å². The van der Waals surface area contributed by atoms with Crippen LogP contribution in [0.2, 0.25) is 0 Å². The summed E-state index contributed by atoms with van der Waals surface area (Å²) >= 11 is 0. The van der Waals surface area contributed by atoms with Crippen LogP contribution in [0.3, 0.4) is 0 Å². The number of nitrogens with one attached hydrogen (secondary N) is 2. The molecule has 1 aromatic rings. The van der Waals surface area contributed by atoms with E-state index >= 15 is 0 Å². The van der Waals surface area contributed by atoms with Gasteiger partial charge < -0.3 is 10.1 Å². The Bertz CT molecular complexity index is 245. The van der Waals surface area contributed by atoms with E-state index in [0.29, 0.717) is 6.42 Å². The number of aromatic nitrogens is 1. The summed E-state index contributed by atoms with van der Waals surface area (Å²) in [5.41, 5.74) is 3.14. The number of aliphatic carboxylic acids is 1. The van der Waals surface area contributed by atoms with Gasteiger partial charge in [-0.25, -0.2) is 5.43 Å². The third kappa shape index (κ3) is 2.08. The molecule has 66 valence electrons. The van der Waals surface area contributed by atoms with E-state index in [1.165, 1.54) is 0 Å². The maximum absolute atomic E-state index is 10.5. The Morgan fingerprint density at radius 2 is 2.58 bits per heavy atom. The number of aromatic amines is 1. The molecule has 0 saturated heterocycles. The zero-order valence-corrected chi connectivity index (χ0v) is 6.45. The van der Waals surface area contributed by atoms with Crippen molar-refractivity contribution in [2.45, 2.75) is 12.5 Å². The predicted molar refractivity (Wildman–Crippen MR) is 43.2 cm³/mol. The smallest absolute Gasteiger partial charge is 0.322 e. The lowest BCUT2D eigenvalue weighted by molar-refractivity contribution is -0.139. The quantitative estimate of drug-likeness (QED) is 0.360. The van der Waals surface area contributed by atoms with Crippen molar-refractivity contribution in [2.24, 2.45) is 5.84 Å². The Kier molecular flexibility index (Phi) is 2.84. The van der Waals surface area contributed by atoms with Gasteiger partial charge >= 0.3 is 5.97 Å². The molecule has 0 aliphatic heterocycles. The fourth-order valence-corrected chi connectivity index (χ4v) is 0.939. The molecule has 5 N–H and O–H groups in total. The third-order valence-electron chi connectivity index (χ3n) is 1.60. The molecule has 0 aromatic carbocycles. The van der Waals surface area contributed by atoms with Gasteiger partial charge in [-0.1, -0.05) is 0 Å². The zero-order valence-electron chi connectivity index (χ0n) is 6.45. The Morgan fingerprint density at radius 3 is 3.00 bits per heavy atom. The van der Waals surface area contributed by atoms with Gasteiger partial charge in [0.1, 0.15) is 6.04 Å². The summed E-state index contributed by atoms with van der Waals surface area (Å²) < 4.78 is 0. The first-order valence-electron chi connectivity index (χ1n) is 3.54. The molecule has 0 radical (unpaired) electrons. The second-order valence-corrected chi connectivity index (χ2v) is 2.48. The van der Waals surface area contributed by atoms with Crippen LogP contribution in [0.1, 0.15) is 5.56 Å². The number of nitrogens with two attached hydrogens (primary N) is 1. The highest BCUT2D eigenvalue weighted by atomic mass is 16.4. The van der Waals surface area contributed by atoms with Crippen LogP contribution in [-0.4, -0.2) is 22.1 Å². The van der Waals surface area contributed by atoms with Crippen LogP contribution in [0, 0.1) is 0 Å². The first-order chi connectivity index (χ1) is 5.74. The Hall–Kier alpha value is -1.33. The number of carboxylic acids is 1. The minimum Gasteiger partial charge on any atom is -0.480 e. The first-order valence-corrected chi connectivity index (χ1v) is 3.54. The van der Waals surface area contributed by atoms with Crippen molar-refractivity contribution in [3.8, 4) is 0 Å². The topological polar surface area (TPSA) is 91.1 Å². The monoisotopic (exact) mass is 169 g/mol. The van der Waals surface area contributed by atoms with Crippen LogP contribution in [0.15, 0.2) is 18.5 Å². The number of H-pyrrole nitrogens is 1. The van der Waals surface area contributed by atoms with Crippen LogP contribution < -0.4 is 11.3 Å². The number of rotatable bonds is 4. The van der Waals surface area contributed by atoms with Crippen molar-refractivity contribution in [2.75, 3.05) is 0 Å². The lowest BCUT2D eigenvalue weighted by atomic mass is 10.1. The van der Waals surface area contributed by atoms with Gasteiger partial charge in [-0.3, -0.25) is 10.6 Å². The summed E-state index contributed by atoms with van der Waals surface area (Å²) in [6, 6.07) is 1.09. The molecule has 0 aliphatic rings. The minimum atomic E-state index is -0.946. The van der Waals surface area contributed by atoms with Crippen LogP contribution in [-0.2, 0) is 11.2 Å². The minimum absolute atomic E-state index is 0.384. The number of carbonyl (C=O) groups is 1. The average Bonchev–Trinajstić information content (AvgIpc) is 2.51. The molecule has 0 amide bonds. The molecule has 0 fully saturated rings. The number of hydrazine groups is 1. The molecule has 0 aliphatic carbocycles. The van der Waals surface area contributed by atoms with E-state index in [4.69, 9.17) is 10.9 Å². The summed E-state index contributed by atoms with van der Waals surface area (Å²) in [7, 11) is 0. The predicted octanol–water partition coefficient (Wildman–Crippen LogP) is -0.526. The molecule has 1 rings (SSSR count). The summed E-state index contributed by atoms with van der Waals surface area (Å²) in [6.07, 6.45) is 3.87. The van der Waals surface area contributed by atoms with Gasteiger partial charge in [0.2, 0.25) is 0 Å². The number of hydrogen-bond donors (Lipinski definition) is 4. The largest absolute Gasteiger partial charge is 0.480 e. The van der Waals surface area contributed by atoms with Gasteiger partial charge in [0.25, 0.3) is 0 Å². The van der Waals surface area contributed by atoms with Crippen LogP contribution in [0.25, 0.3) is 0 Å². The van der Waals surface area contributed by atoms with Crippen LogP contribution in [0.5, 0.6) is 0 Å². The van der Waals surface area contributed by atoms with Crippen molar-refractivity contribution < 1.29 is 9.90 Å². The van der Waals surface area contributed by atoms with Crippen LogP contribution in [0.4, 0.5) is 0 Å². The highest BCUT2D eigenvalue weighted by Crippen LogP contribution is 2.00. The van der Waals surface area contributed by atoms with Crippen molar-refractivity contribution in [3.63, 3.8) is 0 Å². The van der Waals surface area contributed by atoms with E-state index in [0.717, 1.165) is 5.56 Å². The van der Waals surface area contributed by atoms with Crippen molar-refractivity contribution in [1.82, 2.24) is 10.4 Å². The van der Waals surface area contributed by atoms with Gasteiger partial charge in [0, 0.05) is 18.8 Å². The molecule has 0 bridgehead atoms. The zero-order chi connectivity index (χ0) is 8.97. The van der Waals surface area contributed by atoms with Gasteiger partial charge in [0.05, 0.1) is 0 Å². The third-order valence-corrected chi connectivity index (χ3v) is 1.60. The highest BCUT2D eigenvalue weighted by Gasteiger charge is 2.15. The Labute approximate surface area is 69.6 Å². The maximum atomic E-state index is 10.5. The molecule has 0 spiro atoms. The van der Waals surface area contributed by atoms with E-state index in [9.17, 15) is 4.79 Å². The van der Waals surface area contributed by atoms with E-state index in [1.54, 1.807) is 12.4 Å². The summed E-state index contributed by atoms with van der Waals surface area (Å²) in [4.78, 5) is 13.3. The molecule has 0 saturated carbocycles. The summed E-state index contributed by atoms with van der Waals surface area (Å²) in [6.45, 7) is 0. The van der Waals surface area contributed by atoms with E-state index in [2.05, 4.69) is 10.4 Å². The lowest BCUT2D eigenvalue weighted by Crippen LogP contribution is -2.42. The maximum Gasteiger partial charge on any atom is 0.322 e. The molecule has 1 heterocycles. The molecule has 5 heteroatoms. The Balaban J connectivity index is 2.54. The van der Waals surface area contributed by atoms with Crippen molar-refractivity contribution in [3.05, 3.63) is 24.0 Å². The summed E-state index contributed by atoms with van der Waals surface area (Å²) in [5.74, 6) is 4.10. The molecule has 12 heavy (non-hydrogen) atoms. The molecule has 1 unspecified atom stereocenters. The van der Waals surface area contributed by atoms with Crippen molar-refractivity contribution in [1.29, 1.82) is 0 Å². The van der Waals surface area contributed by atoms with E-state index in [-0.39, 0.29) is 0 Å². The van der Waals surface area contributed by atoms with E-state index < -0.39 is 12.0 Å².